The first-order valence-corrected chi connectivity index (χ1v) is 7.54. The Bertz CT molecular complexity index is 308. The zero-order chi connectivity index (χ0) is 11.1. The molecule has 3 fully saturated rings. The van der Waals surface area contributed by atoms with Crippen molar-refractivity contribution in [2.75, 3.05) is 13.2 Å². The number of ether oxygens (including phenoxy) is 1. The molecule has 16 heavy (non-hydrogen) atoms. The predicted octanol–water partition coefficient (Wildman–Crippen LogP) is 1.28. The average molecular weight is 242 g/mol. The van der Waals surface area contributed by atoms with Crippen LogP contribution in [0.25, 0.3) is 0 Å². The maximum atomic E-state index is 12.1. The summed E-state index contributed by atoms with van der Waals surface area (Å²) in [4.78, 5) is 12.1. The minimum atomic E-state index is -0.654. The molecule has 3 rings (SSSR count). The van der Waals surface area contributed by atoms with Crippen LogP contribution in [0.5, 0.6) is 0 Å². The molecule has 90 valence electrons. The summed E-state index contributed by atoms with van der Waals surface area (Å²) < 4.78 is 17.1. The summed E-state index contributed by atoms with van der Waals surface area (Å²) in [6.45, 7) is 1.24. The third-order valence-corrected chi connectivity index (χ3v) is 6.42. The first kappa shape index (κ1) is 10.9. The fourth-order valence-corrected chi connectivity index (χ4v) is 5.39. The van der Waals surface area contributed by atoms with Crippen molar-refractivity contribution in [1.29, 1.82) is 0 Å². The third-order valence-electron chi connectivity index (χ3n) is 4.25. The normalized spacial score (nSPS) is 43.8. The molecule has 0 aromatic rings. The number of hydrogen-bond donors (Lipinski definition) is 0. The van der Waals surface area contributed by atoms with Gasteiger partial charge in [-0.15, -0.1) is 0 Å². The van der Waals surface area contributed by atoms with E-state index < -0.39 is 10.8 Å². The zero-order valence-electron chi connectivity index (χ0n) is 9.39. The third kappa shape index (κ3) is 1.76. The van der Waals surface area contributed by atoms with Crippen LogP contribution < -0.4 is 0 Å². The van der Waals surface area contributed by atoms with Crippen LogP contribution in [-0.4, -0.2) is 33.7 Å². The molecule has 3 aliphatic heterocycles. The second-order valence-corrected chi connectivity index (χ2v) is 7.30. The van der Waals surface area contributed by atoms with Crippen molar-refractivity contribution in [1.82, 2.24) is 0 Å². The molecular formula is C12H18O3S. The first-order chi connectivity index (χ1) is 7.75. The Morgan fingerprint density at radius 2 is 1.69 bits per heavy atom. The van der Waals surface area contributed by atoms with E-state index in [0.29, 0.717) is 29.5 Å². The average Bonchev–Trinajstić information content (AvgIpc) is 2.13. The van der Waals surface area contributed by atoms with Crippen molar-refractivity contribution < 1.29 is 13.7 Å². The fourth-order valence-electron chi connectivity index (χ4n) is 3.20. The molecule has 4 heteroatoms. The lowest BCUT2D eigenvalue weighted by Gasteiger charge is -2.39. The van der Waals surface area contributed by atoms with E-state index in [4.69, 9.17) is 4.74 Å². The Hall–Kier alpha value is -0.220. The molecule has 2 bridgehead atoms. The second-order valence-electron chi connectivity index (χ2n) is 5.31. The van der Waals surface area contributed by atoms with E-state index in [0.717, 1.165) is 25.7 Å². The van der Waals surface area contributed by atoms with Gasteiger partial charge >= 0.3 is 0 Å². The van der Waals surface area contributed by atoms with Crippen LogP contribution in [-0.2, 0) is 20.3 Å². The van der Waals surface area contributed by atoms with Gasteiger partial charge in [-0.25, -0.2) is 0 Å². The number of fused-ring (bicyclic) bond motifs is 2. The van der Waals surface area contributed by atoms with E-state index >= 15 is 0 Å². The van der Waals surface area contributed by atoms with Crippen LogP contribution >= 0.6 is 0 Å². The molecule has 2 atom stereocenters. The van der Waals surface area contributed by atoms with Gasteiger partial charge < -0.3 is 4.74 Å². The van der Waals surface area contributed by atoms with Gasteiger partial charge in [-0.3, -0.25) is 9.00 Å². The van der Waals surface area contributed by atoms with E-state index in [9.17, 15) is 9.00 Å². The highest BCUT2D eigenvalue weighted by molar-refractivity contribution is 7.86. The summed E-state index contributed by atoms with van der Waals surface area (Å²) in [6, 6.07) is 0. The van der Waals surface area contributed by atoms with Gasteiger partial charge in [0.25, 0.3) is 0 Å². The number of carbonyl (C=O) groups is 1. The van der Waals surface area contributed by atoms with Gasteiger partial charge in [-0.2, -0.15) is 0 Å². The van der Waals surface area contributed by atoms with Crippen molar-refractivity contribution in [3.63, 3.8) is 0 Å². The van der Waals surface area contributed by atoms with Crippen molar-refractivity contribution >= 4 is 16.6 Å². The number of hydrogen-bond acceptors (Lipinski definition) is 3. The standard InChI is InChI=1S/C12H18O3S/c13-12(9-6-15-7-9)8-4-10-2-1-3-11(5-8)16(10)14/h8-11H,1-7H2. The Kier molecular flexibility index (Phi) is 2.88. The molecule has 3 saturated heterocycles. The van der Waals surface area contributed by atoms with Gasteiger partial charge in [-0.05, 0) is 25.7 Å². The Morgan fingerprint density at radius 3 is 2.19 bits per heavy atom. The molecule has 0 radical (unpaired) electrons. The van der Waals surface area contributed by atoms with Gasteiger partial charge in [0.2, 0.25) is 0 Å². The van der Waals surface area contributed by atoms with Crippen LogP contribution in [0.4, 0.5) is 0 Å². The van der Waals surface area contributed by atoms with Crippen molar-refractivity contribution in [2.45, 2.75) is 42.6 Å². The monoisotopic (exact) mass is 242 g/mol. The predicted molar refractivity (Wildman–Crippen MR) is 61.6 cm³/mol. The SMILES string of the molecule is O=C(C1COC1)C1CC2CCCC(C1)S2=O. The van der Waals surface area contributed by atoms with Crippen LogP contribution in [0.15, 0.2) is 0 Å². The number of Topliss-reactive ketones (excluding diaryl/α,β-unsaturated/α-hetero) is 1. The number of ketones is 1. The highest BCUT2D eigenvalue weighted by atomic mass is 32.2. The second kappa shape index (κ2) is 4.22. The van der Waals surface area contributed by atoms with Gasteiger partial charge in [0.1, 0.15) is 5.78 Å². The first-order valence-electron chi connectivity index (χ1n) is 6.26. The summed E-state index contributed by atoms with van der Waals surface area (Å²) in [5.41, 5.74) is 0. The molecular weight excluding hydrogens is 224 g/mol. The number of rotatable bonds is 2. The van der Waals surface area contributed by atoms with E-state index in [1.165, 1.54) is 6.42 Å². The molecule has 3 aliphatic rings. The molecule has 0 saturated carbocycles. The van der Waals surface area contributed by atoms with Crippen molar-refractivity contribution in [2.24, 2.45) is 11.8 Å². The smallest absolute Gasteiger partial charge is 0.143 e. The summed E-state index contributed by atoms with van der Waals surface area (Å²) >= 11 is 0. The molecule has 0 aromatic heterocycles. The molecule has 2 unspecified atom stereocenters. The Balaban J connectivity index is 1.69. The summed E-state index contributed by atoms with van der Waals surface area (Å²) in [5, 5.41) is 0.616. The molecule has 0 aliphatic carbocycles. The van der Waals surface area contributed by atoms with Crippen LogP contribution in [0, 0.1) is 11.8 Å². The Labute approximate surface area is 98.4 Å². The van der Waals surface area contributed by atoms with Gasteiger partial charge in [0.15, 0.2) is 0 Å². The minimum Gasteiger partial charge on any atom is -0.380 e. The number of carbonyl (C=O) groups excluding carboxylic acids is 1. The lowest BCUT2D eigenvalue weighted by Crippen LogP contribution is -2.46. The zero-order valence-corrected chi connectivity index (χ0v) is 10.2. The summed E-state index contributed by atoms with van der Waals surface area (Å²) in [5.74, 6) is 0.721. The van der Waals surface area contributed by atoms with E-state index in [2.05, 4.69) is 0 Å². The lowest BCUT2D eigenvalue weighted by atomic mass is 9.82. The maximum Gasteiger partial charge on any atom is 0.143 e. The molecule has 0 amide bonds. The Morgan fingerprint density at radius 1 is 1.06 bits per heavy atom. The molecule has 3 nitrogen and oxygen atoms in total. The van der Waals surface area contributed by atoms with Gasteiger partial charge in [-0.1, -0.05) is 6.42 Å². The fraction of sp³-hybridized carbons (Fsp3) is 0.917. The largest absolute Gasteiger partial charge is 0.380 e. The van der Waals surface area contributed by atoms with E-state index in [-0.39, 0.29) is 11.8 Å². The molecule has 3 heterocycles. The maximum absolute atomic E-state index is 12.1. The van der Waals surface area contributed by atoms with Crippen LogP contribution in [0.1, 0.15) is 32.1 Å². The highest BCUT2D eigenvalue weighted by Gasteiger charge is 2.42. The van der Waals surface area contributed by atoms with Crippen LogP contribution in [0.2, 0.25) is 0 Å². The molecule has 0 N–H and O–H groups in total. The van der Waals surface area contributed by atoms with Gasteiger partial charge in [0, 0.05) is 27.2 Å². The lowest BCUT2D eigenvalue weighted by molar-refractivity contribution is -0.141. The summed E-state index contributed by atoms with van der Waals surface area (Å²) in [6.07, 6.45) is 5.08. The van der Waals surface area contributed by atoms with Crippen LogP contribution in [0.3, 0.4) is 0 Å². The van der Waals surface area contributed by atoms with E-state index in [1.54, 1.807) is 0 Å². The van der Waals surface area contributed by atoms with Crippen molar-refractivity contribution in [3.8, 4) is 0 Å². The molecule has 0 spiro atoms. The van der Waals surface area contributed by atoms with Crippen molar-refractivity contribution in [3.05, 3.63) is 0 Å². The highest BCUT2D eigenvalue weighted by Crippen LogP contribution is 2.38. The van der Waals surface area contributed by atoms with E-state index in [1.807, 2.05) is 0 Å². The van der Waals surface area contributed by atoms with Gasteiger partial charge in [0.05, 0.1) is 19.1 Å². The summed E-state index contributed by atoms with van der Waals surface area (Å²) in [7, 11) is -0.654. The minimum absolute atomic E-state index is 0.150. The topological polar surface area (TPSA) is 43.4 Å². The quantitative estimate of drug-likeness (QED) is 0.732. The molecule has 0 aromatic carbocycles.